The smallest absolute Gasteiger partial charge is 0.234 e. The summed E-state index contributed by atoms with van der Waals surface area (Å²) >= 11 is 1.32. The van der Waals surface area contributed by atoms with Gasteiger partial charge in [0.05, 0.1) is 17.6 Å². The third-order valence-electron chi connectivity index (χ3n) is 4.48. The lowest BCUT2D eigenvalue weighted by atomic mass is 9.99. The van der Waals surface area contributed by atoms with E-state index in [1.54, 1.807) is 6.20 Å². The summed E-state index contributed by atoms with van der Waals surface area (Å²) in [7, 11) is 0. The van der Waals surface area contributed by atoms with Crippen LogP contribution in [-0.2, 0) is 4.79 Å². The molecule has 3 N–H and O–H groups in total. The van der Waals surface area contributed by atoms with E-state index in [1.165, 1.54) is 22.0 Å². The van der Waals surface area contributed by atoms with Crippen molar-refractivity contribution >= 4 is 23.4 Å². The monoisotopic (exact) mass is 380 g/mol. The third-order valence-corrected chi connectivity index (χ3v) is 5.44. The van der Waals surface area contributed by atoms with Crippen LogP contribution in [-0.4, -0.2) is 21.3 Å². The Kier molecular flexibility index (Phi) is 6.19. The molecule has 0 aliphatic carbocycles. The van der Waals surface area contributed by atoms with Gasteiger partial charge in [-0.15, -0.1) is 0 Å². The van der Waals surface area contributed by atoms with E-state index in [1.807, 2.05) is 42.5 Å². The Bertz CT molecular complexity index is 890. The Hall–Kier alpha value is -2.73. The van der Waals surface area contributed by atoms with Gasteiger partial charge >= 0.3 is 0 Å². The molecular formula is C21H24N4OS. The number of anilines is 1. The van der Waals surface area contributed by atoms with E-state index in [4.69, 9.17) is 5.84 Å². The van der Waals surface area contributed by atoms with Crippen molar-refractivity contribution < 1.29 is 4.79 Å². The van der Waals surface area contributed by atoms with Gasteiger partial charge in [-0.05, 0) is 30.0 Å². The average Bonchev–Trinajstić information content (AvgIpc) is 3.08. The minimum atomic E-state index is -0.0828. The quantitative estimate of drug-likeness (QED) is 0.467. The molecule has 5 nitrogen and oxygen atoms in total. The Morgan fingerprint density at radius 2 is 1.89 bits per heavy atom. The molecule has 1 amide bonds. The van der Waals surface area contributed by atoms with Gasteiger partial charge in [-0.25, -0.2) is 9.66 Å². The molecule has 0 saturated carbocycles. The number of nitrogen functional groups attached to an aromatic ring is 1. The van der Waals surface area contributed by atoms with Crippen LogP contribution in [0.15, 0.2) is 66.0 Å². The van der Waals surface area contributed by atoms with E-state index >= 15 is 0 Å². The predicted octanol–water partition coefficient (Wildman–Crippen LogP) is 4.51. The zero-order valence-corrected chi connectivity index (χ0v) is 16.4. The Morgan fingerprint density at radius 1 is 1.19 bits per heavy atom. The van der Waals surface area contributed by atoms with Crippen LogP contribution >= 0.6 is 11.8 Å². The van der Waals surface area contributed by atoms with Crippen molar-refractivity contribution in [2.75, 3.05) is 16.9 Å². The first-order valence-corrected chi connectivity index (χ1v) is 9.98. The normalized spacial score (nSPS) is 11.9. The second-order valence-corrected chi connectivity index (χ2v) is 7.39. The van der Waals surface area contributed by atoms with Gasteiger partial charge in [0.1, 0.15) is 0 Å². The molecule has 0 aliphatic heterocycles. The first kappa shape index (κ1) is 19.0. The Balaban J connectivity index is 1.57. The summed E-state index contributed by atoms with van der Waals surface area (Å²) in [5, 5.41) is 3.52. The second-order valence-electron chi connectivity index (χ2n) is 6.45. The second kappa shape index (κ2) is 8.77. The molecule has 3 rings (SSSR count). The highest BCUT2D eigenvalue weighted by atomic mass is 32.2. The highest BCUT2D eigenvalue weighted by molar-refractivity contribution is 7.99. The molecule has 2 aromatic carbocycles. The fourth-order valence-corrected chi connectivity index (χ4v) is 3.39. The van der Waals surface area contributed by atoms with E-state index in [0.29, 0.717) is 11.1 Å². The van der Waals surface area contributed by atoms with Crippen LogP contribution in [0.25, 0.3) is 11.3 Å². The van der Waals surface area contributed by atoms with Crippen LogP contribution in [0.5, 0.6) is 0 Å². The number of hydrogen-bond donors (Lipinski definition) is 2. The summed E-state index contributed by atoms with van der Waals surface area (Å²) in [6.45, 7) is 4.37. The molecule has 1 heterocycles. The van der Waals surface area contributed by atoms with E-state index in [-0.39, 0.29) is 11.7 Å². The van der Waals surface area contributed by atoms with Crippen molar-refractivity contribution in [2.45, 2.75) is 31.3 Å². The summed E-state index contributed by atoms with van der Waals surface area (Å²) in [5.74, 6) is 6.66. The Morgan fingerprint density at radius 3 is 2.56 bits per heavy atom. The van der Waals surface area contributed by atoms with Crippen LogP contribution in [0, 0.1) is 0 Å². The zero-order valence-electron chi connectivity index (χ0n) is 15.6. The average molecular weight is 381 g/mol. The number of carbonyl (C=O) groups is 1. The van der Waals surface area contributed by atoms with Crippen molar-refractivity contribution in [3.63, 3.8) is 0 Å². The SMILES string of the molecule is CC[C@@H](C)c1ccc(NC(=O)CSc2nc(-c3ccccc3)cn2N)cc1. The fourth-order valence-electron chi connectivity index (χ4n) is 2.69. The molecule has 0 aliphatic rings. The van der Waals surface area contributed by atoms with Gasteiger partial charge in [0.25, 0.3) is 0 Å². The van der Waals surface area contributed by atoms with Gasteiger partial charge in [0, 0.05) is 11.3 Å². The minimum absolute atomic E-state index is 0.0828. The molecule has 27 heavy (non-hydrogen) atoms. The van der Waals surface area contributed by atoms with Crippen LogP contribution in [0.2, 0.25) is 0 Å². The molecule has 1 atom stereocenters. The number of imidazole rings is 1. The fraction of sp³-hybridized carbons (Fsp3) is 0.238. The lowest BCUT2D eigenvalue weighted by molar-refractivity contribution is -0.113. The van der Waals surface area contributed by atoms with Crippen LogP contribution in [0.1, 0.15) is 31.7 Å². The maximum atomic E-state index is 12.2. The van der Waals surface area contributed by atoms with Gasteiger partial charge in [0.2, 0.25) is 5.91 Å². The number of benzene rings is 2. The van der Waals surface area contributed by atoms with Crippen molar-refractivity contribution in [3.8, 4) is 11.3 Å². The maximum absolute atomic E-state index is 12.2. The van der Waals surface area contributed by atoms with E-state index in [9.17, 15) is 4.79 Å². The minimum Gasteiger partial charge on any atom is -0.337 e. The summed E-state index contributed by atoms with van der Waals surface area (Å²) in [6, 6.07) is 17.8. The van der Waals surface area contributed by atoms with Crippen molar-refractivity contribution in [1.29, 1.82) is 0 Å². The standard InChI is InChI=1S/C21H24N4OS/c1-3-15(2)16-9-11-18(12-10-16)23-20(26)14-27-21-24-19(13-25(21)22)17-7-5-4-6-8-17/h4-13,15H,3,14,22H2,1-2H3,(H,23,26)/t15-/m1/s1. The van der Waals surface area contributed by atoms with Crippen molar-refractivity contribution in [3.05, 3.63) is 66.4 Å². The number of rotatable bonds is 7. The molecule has 3 aromatic rings. The first-order chi connectivity index (χ1) is 13.1. The first-order valence-electron chi connectivity index (χ1n) is 8.99. The third kappa shape index (κ3) is 4.92. The van der Waals surface area contributed by atoms with Gasteiger partial charge in [0.15, 0.2) is 5.16 Å². The number of carbonyl (C=O) groups excluding carboxylic acids is 1. The van der Waals surface area contributed by atoms with Gasteiger partial charge in [-0.1, -0.05) is 68.1 Å². The van der Waals surface area contributed by atoms with Crippen molar-refractivity contribution in [1.82, 2.24) is 9.66 Å². The highest BCUT2D eigenvalue weighted by Crippen LogP contribution is 2.23. The Labute approximate surface area is 164 Å². The number of nitrogens with two attached hydrogens (primary N) is 1. The number of nitrogens with one attached hydrogen (secondary N) is 1. The zero-order chi connectivity index (χ0) is 19.2. The number of nitrogens with zero attached hydrogens (tertiary/aromatic N) is 2. The lowest BCUT2D eigenvalue weighted by Gasteiger charge is -2.10. The van der Waals surface area contributed by atoms with Crippen LogP contribution in [0.3, 0.4) is 0 Å². The molecule has 0 bridgehead atoms. The topological polar surface area (TPSA) is 72.9 Å². The summed E-state index contributed by atoms with van der Waals surface area (Å²) in [6.07, 6.45) is 2.86. The molecule has 140 valence electrons. The van der Waals surface area contributed by atoms with Crippen LogP contribution in [0.4, 0.5) is 5.69 Å². The highest BCUT2D eigenvalue weighted by Gasteiger charge is 2.11. The molecule has 0 spiro atoms. The van der Waals surface area contributed by atoms with Crippen LogP contribution < -0.4 is 11.2 Å². The number of aromatic nitrogens is 2. The summed E-state index contributed by atoms with van der Waals surface area (Å²) in [5.41, 5.74) is 3.87. The van der Waals surface area contributed by atoms with Gasteiger partial charge in [-0.3, -0.25) is 4.79 Å². The predicted molar refractivity (Wildman–Crippen MR) is 112 cm³/mol. The number of hydrogen-bond acceptors (Lipinski definition) is 4. The number of amides is 1. The van der Waals surface area contributed by atoms with E-state index in [0.717, 1.165) is 23.4 Å². The summed E-state index contributed by atoms with van der Waals surface area (Å²) < 4.78 is 1.46. The largest absolute Gasteiger partial charge is 0.337 e. The maximum Gasteiger partial charge on any atom is 0.234 e. The number of thioether (sulfide) groups is 1. The lowest BCUT2D eigenvalue weighted by Crippen LogP contribution is -2.15. The molecule has 0 unspecified atom stereocenters. The van der Waals surface area contributed by atoms with Crippen molar-refractivity contribution in [2.24, 2.45) is 0 Å². The molecular weight excluding hydrogens is 356 g/mol. The summed E-state index contributed by atoms with van der Waals surface area (Å²) in [4.78, 5) is 16.8. The molecule has 0 saturated heterocycles. The van der Waals surface area contributed by atoms with E-state index in [2.05, 4.69) is 36.3 Å². The van der Waals surface area contributed by atoms with Gasteiger partial charge in [-0.2, -0.15) is 0 Å². The molecule has 6 heteroatoms. The van der Waals surface area contributed by atoms with E-state index < -0.39 is 0 Å². The molecule has 0 fully saturated rings. The van der Waals surface area contributed by atoms with Gasteiger partial charge < -0.3 is 11.2 Å². The molecule has 0 radical (unpaired) electrons. The molecule has 1 aromatic heterocycles.